The van der Waals surface area contributed by atoms with Crippen molar-refractivity contribution >= 4 is 11.8 Å². The predicted octanol–water partition coefficient (Wildman–Crippen LogP) is 5.34. The van der Waals surface area contributed by atoms with E-state index in [1.807, 2.05) is 33.8 Å². The molecule has 0 saturated carbocycles. The highest BCUT2D eigenvalue weighted by molar-refractivity contribution is 5.98. The summed E-state index contributed by atoms with van der Waals surface area (Å²) in [5, 5.41) is 8.68. The molecule has 1 aromatic carbocycles. The van der Waals surface area contributed by atoms with Crippen molar-refractivity contribution in [1.29, 1.82) is 0 Å². The van der Waals surface area contributed by atoms with Crippen molar-refractivity contribution in [3.8, 4) is 0 Å². The molecule has 0 atom stereocenters. The Morgan fingerprint density at radius 2 is 1.97 bits per heavy atom. The van der Waals surface area contributed by atoms with Gasteiger partial charge in [0, 0.05) is 17.7 Å². The first-order valence-electron chi connectivity index (χ1n) is 10.3. The number of nitrogens with one attached hydrogen (secondary N) is 1. The van der Waals surface area contributed by atoms with Crippen LogP contribution < -0.4 is 5.48 Å². The second kappa shape index (κ2) is 10.3. The van der Waals surface area contributed by atoms with E-state index in [1.165, 1.54) is 12.1 Å². The molecular weight excluding hydrogens is 383 g/mol. The van der Waals surface area contributed by atoms with Crippen molar-refractivity contribution in [1.82, 2.24) is 10.4 Å². The average molecular weight is 415 g/mol. The quantitative estimate of drug-likeness (QED) is 0.467. The molecular formula is C24H31FN2O3. The van der Waals surface area contributed by atoms with Crippen molar-refractivity contribution in [2.75, 3.05) is 0 Å². The van der Waals surface area contributed by atoms with Crippen molar-refractivity contribution in [2.24, 2.45) is 0 Å². The molecule has 2 amide bonds. The van der Waals surface area contributed by atoms with Crippen molar-refractivity contribution in [3.63, 3.8) is 0 Å². The van der Waals surface area contributed by atoms with E-state index in [9.17, 15) is 14.0 Å². The molecule has 0 bridgehead atoms. The third-order valence-electron chi connectivity index (χ3n) is 5.40. The van der Waals surface area contributed by atoms with Crippen LogP contribution in [0.4, 0.5) is 4.39 Å². The number of aryl methyl sites for hydroxylation is 2. The summed E-state index contributed by atoms with van der Waals surface area (Å²) in [6, 6.07) is 2.86. The van der Waals surface area contributed by atoms with Gasteiger partial charge in [-0.2, -0.15) is 0 Å². The first-order valence-corrected chi connectivity index (χ1v) is 10.3. The van der Waals surface area contributed by atoms with Crippen molar-refractivity contribution in [3.05, 3.63) is 69.3 Å². The summed E-state index contributed by atoms with van der Waals surface area (Å²) >= 11 is 0. The van der Waals surface area contributed by atoms with E-state index in [4.69, 9.17) is 5.21 Å². The summed E-state index contributed by atoms with van der Waals surface area (Å²) in [7, 11) is 0. The second-order valence-corrected chi connectivity index (χ2v) is 7.74. The molecule has 0 saturated heterocycles. The molecule has 1 aliphatic carbocycles. The Labute approximate surface area is 177 Å². The zero-order chi connectivity index (χ0) is 22.4. The summed E-state index contributed by atoms with van der Waals surface area (Å²) in [6.45, 7) is 9.69. The summed E-state index contributed by atoms with van der Waals surface area (Å²) < 4.78 is 14.5. The van der Waals surface area contributed by atoms with E-state index in [0.717, 1.165) is 41.8 Å². The number of carbonyl (C=O) groups excluding carboxylic acids is 2. The van der Waals surface area contributed by atoms with Gasteiger partial charge in [-0.1, -0.05) is 19.1 Å². The number of allylic oxidation sites excluding steroid dienone is 5. The lowest BCUT2D eigenvalue weighted by Crippen LogP contribution is -2.31. The van der Waals surface area contributed by atoms with Gasteiger partial charge in [0.15, 0.2) is 0 Å². The number of rotatable bonds is 7. The number of hydroxylamine groups is 1. The highest BCUT2D eigenvalue weighted by atomic mass is 19.1. The minimum absolute atomic E-state index is 0.0747. The standard InChI is InChI=1S/C24H31FN2O3/c1-6-8-18(5)27(23-15(2)9-7-10-16(23)3)24(29)20-14-19(11-12-22(28)26-30)21(25)13-17(20)4/h8-9,13-14,30H,6-7,10-12H2,1-5H3,(H,26,28)/b18-8+. The molecule has 0 radical (unpaired) electrons. The minimum atomic E-state index is -0.602. The largest absolute Gasteiger partial charge is 0.289 e. The van der Waals surface area contributed by atoms with Gasteiger partial charge in [0.1, 0.15) is 5.82 Å². The number of halogens is 1. The van der Waals surface area contributed by atoms with E-state index < -0.39 is 11.7 Å². The van der Waals surface area contributed by atoms with Crippen LogP contribution in [0, 0.1) is 12.7 Å². The number of amides is 2. The summed E-state index contributed by atoms with van der Waals surface area (Å²) in [6.07, 6.45) is 6.78. The zero-order valence-electron chi connectivity index (χ0n) is 18.4. The van der Waals surface area contributed by atoms with E-state index in [2.05, 4.69) is 6.08 Å². The highest BCUT2D eigenvalue weighted by Gasteiger charge is 2.27. The van der Waals surface area contributed by atoms with Gasteiger partial charge in [0.25, 0.3) is 5.91 Å². The maximum absolute atomic E-state index is 14.5. The van der Waals surface area contributed by atoms with Crippen LogP contribution in [0.3, 0.4) is 0 Å². The number of carbonyl (C=O) groups is 2. The van der Waals surface area contributed by atoms with E-state index in [0.29, 0.717) is 11.1 Å². The Kier molecular flexibility index (Phi) is 8.12. The van der Waals surface area contributed by atoms with Crippen LogP contribution in [0.25, 0.3) is 0 Å². The zero-order valence-corrected chi connectivity index (χ0v) is 18.4. The average Bonchev–Trinajstić information content (AvgIpc) is 2.69. The SMILES string of the molecule is CC/C=C(\C)N(C(=O)c1cc(CCC(=O)NO)c(F)cc1C)C1=C(C)CCC=C1C. The molecule has 0 aromatic heterocycles. The van der Waals surface area contributed by atoms with Crippen LogP contribution in [0.1, 0.15) is 74.9 Å². The lowest BCUT2D eigenvalue weighted by atomic mass is 9.94. The van der Waals surface area contributed by atoms with Crippen molar-refractivity contribution < 1.29 is 19.2 Å². The Morgan fingerprint density at radius 1 is 1.27 bits per heavy atom. The van der Waals surface area contributed by atoms with Crippen LogP contribution in [0.5, 0.6) is 0 Å². The summed E-state index contributed by atoms with van der Waals surface area (Å²) in [5.41, 5.74) is 6.69. The molecule has 6 heteroatoms. The molecule has 2 N–H and O–H groups in total. The first-order chi connectivity index (χ1) is 14.2. The fourth-order valence-electron chi connectivity index (χ4n) is 3.81. The highest BCUT2D eigenvalue weighted by Crippen LogP contribution is 2.32. The van der Waals surface area contributed by atoms with Crippen molar-refractivity contribution in [2.45, 2.75) is 66.7 Å². The molecule has 2 rings (SSSR count). The molecule has 162 valence electrons. The fourth-order valence-corrected chi connectivity index (χ4v) is 3.81. The number of hydrogen-bond donors (Lipinski definition) is 2. The molecule has 0 fully saturated rings. The number of hydrogen-bond acceptors (Lipinski definition) is 3. The molecule has 0 heterocycles. The van der Waals surface area contributed by atoms with E-state index in [1.54, 1.807) is 17.3 Å². The van der Waals surface area contributed by atoms with Crippen LogP contribution in [0.15, 0.2) is 46.8 Å². The molecule has 30 heavy (non-hydrogen) atoms. The second-order valence-electron chi connectivity index (χ2n) is 7.74. The summed E-state index contributed by atoms with van der Waals surface area (Å²) in [4.78, 5) is 26.8. The first kappa shape index (κ1) is 23.5. The van der Waals surface area contributed by atoms with Gasteiger partial charge in [0.2, 0.25) is 5.91 Å². The van der Waals surface area contributed by atoms with Gasteiger partial charge in [-0.15, -0.1) is 0 Å². The smallest absolute Gasteiger partial charge is 0.262 e. The Hall–Kier alpha value is -2.73. The van der Waals surface area contributed by atoms with Crippen LogP contribution in [-0.4, -0.2) is 21.9 Å². The topological polar surface area (TPSA) is 69.6 Å². The van der Waals surface area contributed by atoms with Gasteiger partial charge in [-0.3, -0.25) is 19.7 Å². The molecule has 1 aliphatic rings. The van der Waals surface area contributed by atoms with Crippen LogP contribution in [0.2, 0.25) is 0 Å². The third kappa shape index (κ3) is 5.25. The Morgan fingerprint density at radius 3 is 2.57 bits per heavy atom. The van der Waals surface area contributed by atoms with Crippen LogP contribution in [-0.2, 0) is 11.2 Å². The van der Waals surface area contributed by atoms with Gasteiger partial charge in [0.05, 0.1) is 5.70 Å². The predicted molar refractivity (Wildman–Crippen MR) is 115 cm³/mol. The number of nitrogens with zero attached hydrogens (tertiary/aromatic N) is 1. The molecule has 0 spiro atoms. The van der Waals surface area contributed by atoms with E-state index >= 15 is 0 Å². The maximum atomic E-state index is 14.5. The van der Waals surface area contributed by atoms with Gasteiger partial charge in [-0.05, 0) is 87.8 Å². The fraction of sp³-hybridized carbons (Fsp3) is 0.417. The third-order valence-corrected chi connectivity index (χ3v) is 5.40. The van der Waals surface area contributed by atoms with Gasteiger partial charge < -0.3 is 0 Å². The minimum Gasteiger partial charge on any atom is -0.289 e. The Bertz CT molecular complexity index is 929. The van der Waals surface area contributed by atoms with Gasteiger partial charge in [-0.25, -0.2) is 9.87 Å². The van der Waals surface area contributed by atoms with E-state index in [-0.39, 0.29) is 24.3 Å². The molecule has 0 aliphatic heterocycles. The van der Waals surface area contributed by atoms with Gasteiger partial charge >= 0.3 is 0 Å². The molecule has 1 aromatic rings. The number of benzene rings is 1. The Balaban J connectivity index is 2.54. The maximum Gasteiger partial charge on any atom is 0.262 e. The lowest BCUT2D eigenvalue weighted by Gasteiger charge is -2.31. The molecule has 5 nitrogen and oxygen atoms in total. The monoisotopic (exact) mass is 414 g/mol. The van der Waals surface area contributed by atoms with Crippen LogP contribution >= 0.6 is 0 Å². The lowest BCUT2D eigenvalue weighted by molar-refractivity contribution is -0.129. The molecule has 0 unspecified atom stereocenters. The normalized spacial score (nSPS) is 14.5. The summed E-state index contributed by atoms with van der Waals surface area (Å²) in [5.74, 6) is -1.28.